The fraction of sp³-hybridized carbons (Fsp3) is 0.857. The molecule has 1 aliphatic rings. The summed E-state index contributed by atoms with van der Waals surface area (Å²) >= 11 is 0. The molecule has 11 heavy (non-hydrogen) atoms. The van der Waals surface area contributed by atoms with E-state index in [1.165, 1.54) is 6.92 Å². The zero-order chi connectivity index (χ0) is 7.72. The molecule has 2 unspecified atom stereocenters. The van der Waals surface area contributed by atoms with Crippen LogP contribution < -0.4 is 0 Å². The average molecular weight is 180 g/mol. The van der Waals surface area contributed by atoms with E-state index in [1.807, 2.05) is 14.1 Å². The van der Waals surface area contributed by atoms with Gasteiger partial charge in [0.2, 0.25) is 0 Å². The summed E-state index contributed by atoms with van der Waals surface area (Å²) in [6, 6.07) is 0.462. The standard InChI is InChI=1S/C7H13NO2.ClH/c1-5(9)10-7-4-6(7)8(2)3;/h6-7H,4H2,1-3H3;1H. The number of nitrogens with zero attached hydrogens (tertiary/aromatic N) is 1. The highest BCUT2D eigenvalue weighted by Crippen LogP contribution is 2.29. The summed E-state index contributed by atoms with van der Waals surface area (Å²) in [5, 5.41) is 0. The van der Waals surface area contributed by atoms with Gasteiger partial charge in [0.25, 0.3) is 0 Å². The summed E-state index contributed by atoms with van der Waals surface area (Å²) in [6.45, 7) is 1.45. The lowest BCUT2D eigenvalue weighted by atomic mass is 10.6. The Labute approximate surface area is 73.1 Å². The van der Waals surface area contributed by atoms with Gasteiger partial charge < -0.3 is 9.64 Å². The molecular weight excluding hydrogens is 166 g/mol. The lowest BCUT2D eigenvalue weighted by molar-refractivity contribution is -0.142. The number of rotatable bonds is 2. The number of halogens is 1. The molecule has 3 nitrogen and oxygen atoms in total. The van der Waals surface area contributed by atoms with E-state index in [-0.39, 0.29) is 24.5 Å². The number of hydrogen-bond donors (Lipinski definition) is 0. The normalized spacial score (nSPS) is 27.6. The number of ether oxygens (including phenoxy) is 1. The molecular formula is C7H14ClNO2. The van der Waals surface area contributed by atoms with E-state index >= 15 is 0 Å². The molecule has 0 N–H and O–H groups in total. The molecule has 4 heteroatoms. The van der Waals surface area contributed by atoms with Gasteiger partial charge in [-0.2, -0.15) is 0 Å². The Morgan fingerprint density at radius 2 is 2.09 bits per heavy atom. The Hall–Kier alpha value is -0.280. The smallest absolute Gasteiger partial charge is 0.302 e. The molecule has 0 aromatic heterocycles. The maximum absolute atomic E-state index is 10.4. The van der Waals surface area contributed by atoms with E-state index in [1.54, 1.807) is 0 Å². The summed E-state index contributed by atoms with van der Waals surface area (Å²) in [4.78, 5) is 12.5. The Morgan fingerprint density at radius 1 is 1.55 bits per heavy atom. The van der Waals surface area contributed by atoms with Crippen molar-refractivity contribution in [3.05, 3.63) is 0 Å². The van der Waals surface area contributed by atoms with E-state index in [4.69, 9.17) is 4.74 Å². The molecule has 0 saturated heterocycles. The highest BCUT2D eigenvalue weighted by Gasteiger charge is 2.41. The van der Waals surface area contributed by atoms with E-state index in [0.29, 0.717) is 6.04 Å². The van der Waals surface area contributed by atoms with Gasteiger partial charge in [0.1, 0.15) is 6.10 Å². The molecule has 2 atom stereocenters. The van der Waals surface area contributed by atoms with Gasteiger partial charge in [-0.15, -0.1) is 12.4 Å². The SMILES string of the molecule is CC(=O)OC1CC1N(C)C.Cl. The molecule has 1 saturated carbocycles. The molecule has 0 aliphatic heterocycles. The van der Waals surface area contributed by atoms with Crippen molar-refractivity contribution in [2.75, 3.05) is 14.1 Å². The lowest BCUT2D eigenvalue weighted by Crippen LogP contribution is -2.19. The van der Waals surface area contributed by atoms with Gasteiger partial charge in [-0.25, -0.2) is 0 Å². The van der Waals surface area contributed by atoms with Gasteiger partial charge >= 0.3 is 5.97 Å². The number of hydrogen-bond acceptors (Lipinski definition) is 3. The van der Waals surface area contributed by atoms with Crippen molar-refractivity contribution in [2.24, 2.45) is 0 Å². The first kappa shape index (κ1) is 10.7. The number of likely N-dealkylation sites (N-methyl/N-ethyl adjacent to an activating group) is 1. The van der Waals surface area contributed by atoms with Crippen molar-refractivity contribution in [3.63, 3.8) is 0 Å². The third-order valence-electron chi connectivity index (χ3n) is 1.68. The molecule has 0 spiro atoms. The minimum absolute atomic E-state index is 0. The number of carbonyl (C=O) groups is 1. The summed E-state index contributed by atoms with van der Waals surface area (Å²) in [6.07, 6.45) is 1.15. The third-order valence-corrected chi connectivity index (χ3v) is 1.68. The molecule has 1 fully saturated rings. The van der Waals surface area contributed by atoms with Crippen LogP contribution in [0.3, 0.4) is 0 Å². The van der Waals surface area contributed by atoms with E-state index in [2.05, 4.69) is 4.90 Å². The van der Waals surface area contributed by atoms with Crippen LogP contribution in [0.4, 0.5) is 0 Å². The molecule has 66 valence electrons. The van der Waals surface area contributed by atoms with Crippen molar-refractivity contribution in [2.45, 2.75) is 25.5 Å². The Morgan fingerprint density at radius 3 is 2.36 bits per heavy atom. The van der Waals surface area contributed by atoms with Crippen LogP contribution in [0, 0.1) is 0 Å². The third kappa shape index (κ3) is 3.08. The van der Waals surface area contributed by atoms with Crippen LogP contribution in [0.5, 0.6) is 0 Å². The van der Waals surface area contributed by atoms with Crippen LogP contribution in [0.25, 0.3) is 0 Å². The van der Waals surface area contributed by atoms with Crippen molar-refractivity contribution in [1.82, 2.24) is 4.90 Å². The fourth-order valence-corrected chi connectivity index (χ4v) is 1.04. The maximum atomic E-state index is 10.4. The summed E-state index contributed by atoms with van der Waals surface area (Å²) in [5.41, 5.74) is 0. The number of esters is 1. The summed E-state index contributed by atoms with van der Waals surface area (Å²) < 4.78 is 4.95. The molecule has 0 bridgehead atoms. The van der Waals surface area contributed by atoms with Gasteiger partial charge in [0.05, 0.1) is 0 Å². The molecule has 0 heterocycles. The first-order valence-corrected chi connectivity index (χ1v) is 3.45. The first-order chi connectivity index (χ1) is 4.61. The highest BCUT2D eigenvalue weighted by atomic mass is 35.5. The van der Waals surface area contributed by atoms with Gasteiger partial charge in [-0.05, 0) is 14.1 Å². The van der Waals surface area contributed by atoms with E-state index < -0.39 is 0 Å². The van der Waals surface area contributed by atoms with Crippen molar-refractivity contribution in [1.29, 1.82) is 0 Å². The maximum Gasteiger partial charge on any atom is 0.302 e. The van der Waals surface area contributed by atoms with Crippen molar-refractivity contribution < 1.29 is 9.53 Å². The van der Waals surface area contributed by atoms with Gasteiger partial charge in [0, 0.05) is 19.4 Å². The van der Waals surface area contributed by atoms with Crippen LogP contribution in [0.15, 0.2) is 0 Å². The zero-order valence-electron chi connectivity index (χ0n) is 7.03. The second-order valence-electron chi connectivity index (χ2n) is 2.91. The molecule has 0 radical (unpaired) electrons. The molecule has 0 aromatic rings. The van der Waals surface area contributed by atoms with Crippen molar-refractivity contribution in [3.8, 4) is 0 Å². The second-order valence-corrected chi connectivity index (χ2v) is 2.91. The molecule has 0 amide bonds. The molecule has 1 rings (SSSR count). The quantitative estimate of drug-likeness (QED) is 0.584. The number of carbonyl (C=O) groups excluding carboxylic acids is 1. The largest absolute Gasteiger partial charge is 0.461 e. The summed E-state index contributed by atoms with van der Waals surface area (Å²) in [5.74, 6) is -0.172. The molecule has 0 aromatic carbocycles. The highest BCUT2D eigenvalue weighted by molar-refractivity contribution is 5.85. The van der Waals surface area contributed by atoms with Crippen molar-refractivity contribution >= 4 is 18.4 Å². The van der Waals surface area contributed by atoms with Gasteiger partial charge in [0.15, 0.2) is 0 Å². The average Bonchev–Trinajstić information content (AvgIpc) is 2.43. The van der Waals surface area contributed by atoms with Crippen LogP contribution in [-0.4, -0.2) is 37.1 Å². The van der Waals surface area contributed by atoms with Crippen LogP contribution in [0.2, 0.25) is 0 Å². The Bertz CT molecular complexity index is 149. The summed E-state index contributed by atoms with van der Waals surface area (Å²) in [7, 11) is 3.99. The molecule has 1 aliphatic carbocycles. The predicted molar refractivity (Wildman–Crippen MR) is 44.9 cm³/mol. The first-order valence-electron chi connectivity index (χ1n) is 3.45. The van der Waals surface area contributed by atoms with Gasteiger partial charge in [-0.3, -0.25) is 4.79 Å². The Balaban J connectivity index is 0.000001000. The second kappa shape index (κ2) is 3.93. The van der Waals surface area contributed by atoms with E-state index in [0.717, 1.165) is 6.42 Å². The lowest BCUT2D eigenvalue weighted by Gasteiger charge is -2.07. The minimum Gasteiger partial charge on any atom is -0.461 e. The van der Waals surface area contributed by atoms with Crippen LogP contribution in [0.1, 0.15) is 13.3 Å². The van der Waals surface area contributed by atoms with Gasteiger partial charge in [-0.1, -0.05) is 0 Å². The van der Waals surface area contributed by atoms with Crippen LogP contribution >= 0.6 is 12.4 Å². The minimum atomic E-state index is -0.172. The zero-order valence-corrected chi connectivity index (χ0v) is 7.85. The monoisotopic (exact) mass is 179 g/mol. The van der Waals surface area contributed by atoms with Crippen LogP contribution in [-0.2, 0) is 9.53 Å². The Kier molecular flexibility index (Phi) is 3.83. The predicted octanol–water partition coefficient (Wildman–Crippen LogP) is 0.674. The van der Waals surface area contributed by atoms with E-state index in [9.17, 15) is 4.79 Å². The fourth-order valence-electron chi connectivity index (χ4n) is 1.04. The topological polar surface area (TPSA) is 29.5 Å².